The Labute approximate surface area is 125 Å². The summed E-state index contributed by atoms with van der Waals surface area (Å²) in [5.74, 6) is 0.640. The van der Waals surface area contributed by atoms with Crippen LogP contribution in [0.25, 0.3) is 0 Å². The topological polar surface area (TPSA) is 80.8 Å². The molecular formula is C12H16N4O2S2. The first-order valence-corrected chi connectivity index (χ1v) is 7.88. The summed E-state index contributed by atoms with van der Waals surface area (Å²) in [6.45, 7) is 7.65. The maximum atomic E-state index is 11.4. The molecule has 0 aliphatic rings. The Bertz CT molecular complexity index is 638. The van der Waals surface area contributed by atoms with Crippen molar-refractivity contribution in [2.24, 2.45) is 0 Å². The molecule has 0 radical (unpaired) electrons. The lowest BCUT2D eigenvalue weighted by molar-refractivity contribution is 0.239. The number of rotatable bonds is 5. The minimum absolute atomic E-state index is 0.0116. The van der Waals surface area contributed by atoms with E-state index in [1.54, 1.807) is 6.92 Å². The number of aromatic nitrogens is 4. The van der Waals surface area contributed by atoms with Crippen molar-refractivity contribution in [2.75, 3.05) is 0 Å². The number of nitrogens with zero attached hydrogens (tertiary/aromatic N) is 3. The molecular weight excluding hydrogens is 296 g/mol. The van der Waals surface area contributed by atoms with Crippen molar-refractivity contribution >= 4 is 23.1 Å². The van der Waals surface area contributed by atoms with Gasteiger partial charge in [0.1, 0.15) is 5.82 Å². The van der Waals surface area contributed by atoms with E-state index in [1.165, 1.54) is 29.2 Å². The van der Waals surface area contributed by atoms with Gasteiger partial charge in [0.05, 0.1) is 11.4 Å². The van der Waals surface area contributed by atoms with E-state index >= 15 is 0 Å². The van der Waals surface area contributed by atoms with Crippen LogP contribution in [0, 0.1) is 6.92 Å². The van der Waals surface area contributed by atoms with Gasteiger partial charge in [-0.05, 0) is 39.0 Å². The second-order valence-electron chi connectivity index (χ2n) is 4.53. The molecule has 0 fully saturated rings. The van der Waals surface area contributed by atoms with Crippen molar-refractivity contribution in [2.45, 2.75) is 43.4 Å². The predicted octanol–water partition coefficient (Wildman–Crippen LogP) is 2.57. The number of hydrogen-bond donors (Lipinski definition) is 1. The fourth-order valence-corrected chi connectivity index (χ4v) is 3.50. The highest BCUT2D eigenvalue weighted by Crippen LogP contribution is 2.36. The summed E-state index contributed by atoms with van der Waals surface area (Å²) in [7, 11) is 0. The zero-order valence-electron chi connectivity index (χ0n) is 11.7. The molecule has 1 atom stereocenters. The van der Waals surface area contributed by atoms with Gasteiger partial charge in [-0.25, -0.2) is 4.98 Å². The molecule has 2 heterocycles. The molecule has 0 aromatic carbocycles. The van der Waals surface area contributed by atoms with Crippen molar-refractivity contribution < 1.29 is 4.74 Å². The highest BCUT2D eigenvalue weighted by atomic mass is 32.2. The van der Waals surface area contributed by atoms with Gasteiger partial charge >= 0.3 is 0 Å². The fourth-order valence-electron chi connectivity index (χ4n) is 1.50. The van der Waals surface area contributed by atoms with E-state index < -0.39 is 0 Å². The SMILES string of the molecule is Cc1cc(=O)[nH]c(C(C)Sc2nnc(OC(C)C)s2)n1. The highest BCUT2D eigenvalue weighted by Gasteiger charge is 2.15. The van der Waals surface area contributed by atoms with Crippen LogP contribution in [0.5, 0.6) is 5.19 Å². The number of thioether (sulfide) groups is 1. The van der Waals surface area contributed by atoms with Crippen LogP contribution in [0.3, 0.4) is 0 Å². The summed E-state index contributed by atoms with van der Waals surface area (Å²) in [6.07, 6.45) is 0.0769. The second kappa shape index (κ2) is 6.36. The molecule has 2 aromatic heterocycles. The van der Waals surface area contributed by atoms with Gasteiger partial charge in [0, 0.05) is 11.8 Å². The standard InChI is InChI=1S/C12H16N4O2S2/c1-6(2)18-11-15-16-12(20-11)19-8(4)10-13-7(3)5-9(17)14-10/h5-6,8H,1-4H3,(H,13,14,17). The molecule has 0 bridgehead atoms. The van der Waals surface area contributed by atoms with Crippen molar-refractivity contribution in [1.82, 2.24) is 20.2 Å². The van der Waals surface area contributed by atoms with E-state index in [0.717, 1.165) is 4.34 Å². The van der Waals surface area contributed by atoms with E-state index in [-0.39, 0.29) is 16.9 Å². The largest absolute Gasteiger partial charge is 0.466 e. The van der Waals surface area contributed by atoms with Crippen molar-refractivity contribution in [1.29, 1.82) is 0 Å². The molecule has 0 aliphatic heterocycles. The van der Waals surface area contributed by atoms with E-state index in [2.05, 4.69) is 20.2 Å². The van der Waals surface area contributed by atoms with Gasteiger partial charge in [-0.1, -0.05) is 16.9 Å². The lowest BCUT2D eigenvalue weighted by Gasteiger charge is -2.08. The molecule has 0 amide bonds. The first-order valence-electron chi connectivity index (χ1n) is 6.18. The summed E-state index contributed by atoms with van der Waals surface area (Å²) in [6, 6.07) is 1.47. The third-order valence-electron chi connectivity index (χ3n) is 2.28. The highest BCUT2D eigenvalue weighted by molar-refractivity contribution is 8.01. The third kappa shape index (κ3) is 4.04. The summed E-state index contributed by atoms with van der Waals surface area (Å²) in [5, 5.41) is 8.58. The Hall–Kier alpha value is -1.41. The first kappa shape index (κ1) is 15.0. The summed E-state index contributed by atoms with van der Waals surface area (Å²) >= 11 is 2.89. The van der Waals surface area contributed by atoms with Crippen LogP contribution in [0.4, 0.5) is 0 Å². The Kier molecular flexibility index (Phi) is 4.77. The molecule has 0 spiro atoms. The number of hydrogen-bond acceptors (Lipinski definition) is 7. The monoisotopic (exact) mass is 312 g/mol. The quantitative estimate of drug-likeness (QED) is 0.855. The molecule has 0 saturated carbocycles. The third-order valence-corrected chi connectivity index (χ3v) is 4.28. The molecule has 6 nitrogen and oxygen atoms in total. The number of ether oxygens (including phenoxy) is 1. The molecule has 2 rings (SSSR count). The van der Waals surface area contributed by atoms with E-state index in [4.69, 9.17) is 4.74 Å². The van der Waals surface area contributed by atoms with Gasteiger partial charge < -0.3 is 9.72 Å². The summed E-state index contributed by atoms with van der Waals surface area (Å²) in [4.78, 5) is 18.5. The minimum atomic E-state index is -0.138. The Morgan fingerprint density at radius 1 is 1.35 bits per heavy atom. The van der Waals surface area contributed by atoms with Crippen molar-refractivity contribution in [3.8, 4) is 5.19 Å². The van der Waals surface area contributed by atoms with Crippen LogP contribution >= 0.6 is 23.1 Å². The van der Waals surface area contributed by atoms with Gasteiger partial charge in [0.15, 0.2) is 4.34 Å². The number of aryl methyl sites for hydroxylation is 1. The summed E-state index contributed by atoms with van der Waals surface area (Å²) in [5.41, 5.74) is 0.568. The lowest BCUT2D eigenvalue weighted by atomic mass is 10.4. The maximum Gasteiger partial charge on any atom is 0.295 e. The van der Waals surface area contributed by atoms with Gasteiger partial charge in [0.2, 0.25) is 0 Å². The van der Waals surface area contributed by atoms with E-state index in [0.29, 0.717) is 16.7 Å². The predicted molar refractivity (Wildman–Crippen MR) is 79.5 cm³/mol. The van der Waals surface area contributed by atoms with Gasteiger partial charge in [-0.2, -0.15) is 0 Å². The van der Waals surface area contributed by atoms with E-state index in [1.807, 2.05) is 20.8 Å². The molecule has 0 saturated heterocycles. The molecule has 1 unspecified atom stereocenters. The summed E-state index contributed by atoms with van der Waals surface area (Å²) < 4.78 is 6.27. The van der Waals surface area contributed by atoms with Crippen LogP contribution in [-0.2, 0) is 0 Å². The minimum Gasteiger partial charge on any atom is -0.466 e. The average Bonchev–Trinajstić information content (AvgIpc) is 2.74. The van der Waals surface area contributed by atoms with Crippen LogP contribution in [0.2, 0.25) is 0 Å². The van der Waals surface area contributed by atoms with Crippen LogP contribution in [-0.4, -0.2) is 26.3 Å². The lowest BCUT2D eigenvalue weighted by Crippen LogP contribution is -2.12. The smallest absolute Gasteiger partial charge is 0.295 e. The Morgan fingerprint density at radius 3 is 2.75 bits per heavy atom. The van der Waals surface area contributed by atoms with Crippen LogP contribution in [0.15, 0.2) is 15.2 Å². The van der Waals surface area contributed by atoms with E-state index in [9.17, 15) is 4.79 Å². The Morgan fingerprint density at radius 2 is 2.10 bits per heavy atom. The second-order valence-corrected chi connectivity index (χ2v) is 7.06. The molecule has 20 heavy (non-hydrogen) atoms. The zero-order chi connectivity index (χ0) is 14.7. The fraction of sp³-hybridized carbons (Fsp3) is 0.500. The molecule has 2 aromatic rings. The normalized spacial score (nSPS) is 12.7. The van der Waals surface area contributed by atoms with Crippen molar-refractivity contribution in [3.63, 3.8) is 0 Å². The average molecular weight is 312 g/mol. The van der Waals surface area contributed by atoms with Crippen LogP contribution in [0.1, 0.15) is 37.5 Å². The number of nitrogens with one attached hydrogen (secondary N) is 1. The number of H-pyrrole nitrogens is 1. The van der Waals surface area contributed by atoms with Gasteiger partial charge in [0.25, 0.3) is 10.8 Å². The van der Waals surface area contributed by atoms with Crippen molar-refractivity contribution in [3.05, 3.63) is 27.9 Å². The first-order chi connectivity index (χ1) is 9.44. The Balaban J connectivity index is 2.09. The van der Waals surface area contributed by atoms with Gasteiger partial charge in [-0.3, -0.25) is 4.79 Å². The molecule has 1 N–H and O–H groups in total. The molecule has 108 valence electrons. The molecule has 8 heteroatoms. The zero-order valence-corrected chi connectivity index (χ0v) is 13.3. The number of aromatic amines is 1. The maximum absolute atomic E-state index is 11.4. The molecule has 0 aliphatic carbocycles. The van der Waals surface area contributed by atoms with Crippen LogP contribution < -0.4 is 10.3 Å². The van der Waals surface area contributed by atoms with Gasteiger partial charge in [-0.15, -0.1) is 5.10 Å².